The van der Waals surface area contributed by atoms with E-state index in [1.165, 1.54) is 12.1 Å². The van der Waals surface area contributed by atoms with Crippen LogP contribution < -0.4 is 15.4 Å². The summed E-state index contributed by atoms with van der Waals surface area (Å²) in [6.07, 6.45) is -4.59. The van der Waals surface area contributed by atoms with Crippen LogP contribution in [0.3, 0.4) is 0 Å². The van der Waals surface area contributed by atoms with Crippen LogP contribution >= 0.6 is 12.4 Å². The second-order valence-electron chi connectivity index (χ2n) is 5.71. The van der Waals surface area contributed by atoms with Crippen molar-refractivity contribution in [2.24, 2.45) is 0 Å². The number of alkyl halides is 3. The van der Waals surface area contributed by atoms with Crippen molar-refractivity contribution in [1.29, 1.82) is 0 Å². The zero-order chi connectivity index (χ0) is 17.7. The summed E-state index contributed by atoms with van der Waals surface area (Å²) in [5.41, 5.74) is 0.770. The largest absolute Gasteiger partial charge is 0.484 e. The van der Waals surface area contributed by atoms with Gasteiger partial charge < -0.3 is 20.1 Å². The summed E-state index contributed by atoms with van der Waals surface area (Å²) in [5, 5.41) is 5.97. The summed E-state index contributed by atoms with van der Waals surface area (Å²) in [7, 11) is 0. The first-order chi connectivity index (χ1) is 11.3. The van der Waals surface area contributed by atoms with E-state index in [1.54, 1.807) is 19.1 Å². The zero-order valence-corrected chi connectivity index (χ0v) is 14.7. The monoisotopic (exact) mass is 382 g/mol. The molecule has 2 N–H and O–H groups in total. The maximum atomic E-state index is 12.3. The molecule has 0 radical (unpaired) electrons. The summed E-state index contributed by atoms with van der Waals surface area (Å²) < 4.78 is 46.4. The van der Waals surface area contributed by atoms with E-state index in [0.29, 0.717) is 13.2 Å². The fraction of sp³-hybridized carbons (Fsp3) is 0.562. The van der Waals surface area contributed by atoms with Crippen molar-refractivity contribution in [3.05, 3.63) is 29.8 Å². The van der Waals surface area contributed by atoms with Gasteiger partial charge in [-0.3, -0.25) is 4.79 Å². The number of nitrogens with one attached hydrogen (secondary N) is 2. The number of benzene rings is 1. The van der Waals surface area contributed by atoms with Crippen LogP contribution in [0.2, 0.25) is 0 Å². The van der Waals surface area contributed by atoms with Gasteiger partial charge in [-0.2, -0.15) is 13.2 Å². The SMILES string of the molecule is CC(NC(=O)[C@H]1NCCO[C@@H]1C)c1ccc(OCC(F)(F)F)cc1.Cl. The Morgan fingerprint density at radius 3 is 2.60 bits per heavy atom. The van der Waals surface area contributed by atoms with Crippen molar-refractivity contribution in [2.75, 3.05) is 19.8 Å². The molecular weight excluding hydrogens is 361 g/mol. The maximum Gasteiger partial charge on any atom is 0.422 e. The first-order valence-corrected chi connectivity index (χ1v) is 7.71. The van der Waals surface area contributed by atoms with Crippen molar-refractivity contribution < 1.29 is 27.4 Å². The van der Waals surface area contributed by atoms with Crippen LogP contribution in [0, 0.1) is 0 Å². The minimum Gasteiger partial charge on any atom is -0.484 e. The number of amides is 1. The topological polar surface area (TPSA) is 59.6 Å². The van der Waals surface area contributed by atoms with Gasteiger partial charge in [-0.25, -0.2) is 0 Å². The molecule has 3 atom stereocenters. The molecule has 0 bridgehead atoms. The predicted octanol–water partition coefficient (Wildman–Crippen LogP) is 2.60. The molecule has 2 rings (SSSR count). The number of rotatable bonds is 5. The Balaban J connectivity index is 0.00000312. The molecule has 1 aromatic carbocycles. The van der Waals surface area contributed by atoms with E-state index in [1.807, 2.05) is 6.92 Å². The predicted molar refractivity (Wildman–Crippen MR) is 89.0 cm³/mol. The first-order valence-electron chi connectivity index (χ1n) is 7.71. The molecule has 1 aromatic rings. The third-order valence-electron chi connectivity index (χ3n) is 3.74. The lowest BCUT2D eigenvalue weighted by atomic mass is 10.1. The molecule has 142 valence electrons. The lowest BCUT2D eigenvalue weighted by Crippen LogP contribution is -2.55. The summed E-state index contributed by atoms with van der Waals surface area (Å²) in [6.45, 7) is 3.48. The second-order valence-corrected chi connectivity index (χ2v) is 5.71. The van der Waals surface area contributed by atoms with Gasteiger partial charge in [0.25, 0.3) is 0 Å². The molecule has 9 heteroatoms. The van der Waals surface area contributed by atoms with Gasteiger partial charge in [0.05, 0.1) is 18.8 Å². The molecule has 5 nitrogen and oxygen atoms in total. The molecule has 1 saturated heterocycles. The van der Waals surface area contributed by atoms with Gasteiger partial charge in [0.2, 0.25) is 5.91 Å². The van der Waals surface area contributed by atoms with Crippen LogP contribution in [-0.4, -0.2) is 44.0 Å². The van der Waals surface area contributed by atoms with Gasteiger partial charge in [-0.1, -0.05) is 12.1 Å². The molecule has 25 heavy (non-hydrogen) atoms. The molecule has 0 spiro atoms. The van der Waals surface area contributed by atoms with Gasteiger partial charge in [0.1, 0.15) is 11.8 Å². The number of hydrogen-bond donors (Lipinski definition) is 2. The van der Waals surface area contributed by atoms with E-state index in [-0.39, 0.29) is 36.2 Å². The molecule has 1 unspecified atom stereocenters. The Morgan fingerprint density at radius 2 is 2.04 bits per heavy atom. The smallest absolute Gasteiger partial charge is 0.422 e. The third-order valence-corrected chi connectivity index (χ3v) is 3.74. The number of carbonyl (C=O) groups excluding carboxylic acids is 1. The third kappa shape index (κ3) is 6.72. The first kappa shape index (κ1) is 21.5. The van der Waals surface area contributed by atoms with E-state index >= 15 is 0 Å². The zero-order valence-electron chi connectivity index (χ0n) is 13.9. The summed E-state index contributed by atoms with van der Waals surface area (Å²) in [4.78, 5) is 12.3. The molecular formula is C16H22ClF3N2O3. The van der Waals surface area contributed by atoms with E-state index in [4.69, 9.17) is 4.74 Å². The lowest BCUT2D eigenvalue weighted by molar-refractivity contribution is -0.153. The van der Waals surface area contributed by atoms with E-state index in [9.17, 15) is 18.0 Å². The van der Waals surface area contributed by atoms with Crippen LogP contribution in [0.5, 0.6) is 5.75 Å². The Morgan fingerprint density at radius 1 is 1.40 bits per heavy atom. The number of morpholine rings is 1. The Kier molecular flexibility index (Phi) is 7.98. The van der Waals surface area contributed by atoms with Gasteiger partial charge in [0.15, 0.2) is 6.61 Å². The number of halogens is 4. The molecule has 0 saturated carbocycles. The van der Waals surface area contributed by atoms with Crippen LogP contribution in [0.4, 0.5) is 13.2 Å². The average molecular weight is 383 g/mol. The molecule has 0 aliphatic carbocycles. The Bertz CT molecular complexity index is 555. The van der Waals surface area contributed by atoms with E-state index < -0.39 is 18.8 Å². The molecule has 1 amide bonds. The quantitative estimate of drug-likeness (QED) is 0.822. The van der Waals surface area contributed by atoms with Crippen molar-refractivity contribution in [3.63, 3.8) is 0 Å². The highest BCUT2D eigenvalue weighted by atomic mass is 35.5. The van der Waals surface area contributed by atoms with Crippen LogP contribution in [-0.2, 0) is 9.53 Å². The minimum atomic E-state index is -4.37. The Hall–Kier alpha value is -1.51. The normalized spacial score (nSPS) is 21.8. The Labute approximate surface area is 150 Å². The van der Waals surface area contributed by atoms with Gasteiger partial charge in [-0.15, -0.1) is 12.4 Å². The maximum absolute atomic E-state index is 12.3. The van der Waals surface area contributed by atoms with Crippen LogP contribution in [0.1, 0.15) is 25.5 Å². The van der Waals surface area contributed by atoms with Crippen molar-refractivity contribution in [2.45, 2.75) is 38.2 Å². The van der Waals surface area contributed by atoms with Crippen molar-refractivity contribution in [3.8, 4) is 5.75 Å². The summed E-state index contributed by atoms with van der Waals surface area (Å²) in [5.74, 6) is -0.0438. The van der Waals surface area contributed by atoms with Crippen molar-refractivity contribution in [1.82, 2.24) is 10.6 Å². The highest BCUT2D eigenvalue weighted by Crippen LogP contribution is 2.21. The number of ether oxygens (including phenoxy) is 2. The highest BCUT2D eigenvalue weighted by Gasteiger charge is 2.29. The fourth-order valence-corrected chi connectivity index (χ4v) is 2.43. The highest BCUT2D eigenvalue weighted by molar-refractivity contribution is 5.85. The minimum absolute atomic E-state index is 0. The molecule has 1 fully saturated rings. The summed E-state index contributed by atoms with van der Waals surface area (Å²) in [6, 6.07) is 5.46. The van der Waals surface area contributed by atoms with Crippen LogP contribution in [0.15, 0.2) is 24.3 Å². The van der Waals surface area contributed by atoms with E-state index in [2.05, 4.69) is 15.4 Å². The standard InChI is InChI=1S/C16H21F3N2O3.ClH/c1-10(21-15(22)14-11(2)23-8-7-20-14)12-3-5-13(6-4-12)24-9-16(17,18)19;/h3-6,10-11,14,20H,7-9H2,1-2H3,(H,21,22);1H/t10?,11-,14+;/m1./s1. The molecule has 1 aliphatic rings. The summed E-state index contributed by atoms with van der Waals surface area (Å²) >= 11 is 0. The van der Waals surface area contributed by atoms with Gasteiger partial charge in [-0.05, 0) is 31.5 Å². The van der Waals surface area contributed by atoms with Crippen LogP contribution in [0.25, 0.3) is 0 Å². The second kappa shape index (κ2) is 9.26. The lowest BCUT2D eigenvalue weighted by Gasteiger charge is -2.30. The van der Waals surface area contributed by atoms with Crippen molar-refractivity contribution >= 4 is 18.3 Å². The van der Waals surface area contributed by atoms with E-state index in [0.717, 1.165) is 5.56 Å². The molecule has 1 aliphatic heterocycles. The average Bonchev–Trinajstić information content (AvgIpc) is 2.53. The number of hydrogen-bond acceptors (Lipinski definition) is 4. The molecule has 0 aromatic heterocycles. The fourth-order valence-electron chi connectivity index (χ4n) is 2.43. The van der Waals surface area contributed by atoms with Gasteiger partial charge >= 0.3 is 6.18 Å². The molecule has 1 heterocycles. The number of carbonyl (C=O) groups is 1. The van der Waals surface area contributed by atoms with Gasteiger partial charge in [0, 0.05) is 6.54 Å².